The van der Waals surface area contributed by atoms with Gasteiger partial charge in [0.05, 0.1) is 15.2 Å². The van der Waals surface area contributed by atoms with Crippen LogP contribution in [0.15, 0.2) is 52.9 Å². The molecule has 4 unspecified atom stereocenters. The summed E-state index contributed by atoms with van der Waals surface area (Å²) in [5.74, 6) is -3.83. The van der Waals surface area contributed by atoms with E-state index in [2.05, 4.69) is 10.3 Å². The van der Waals surface area contributed by atoms with Gasteiger partial charge >= 0.3 is 0 Å². The lowest BCUT2D eigenvalue weighted by atomic mass is 9.71. The molecular weight excluding hydrogens is 546 g/mol. The maximum Gasteiger partial charge on any atom is 0.255 e. The van der Waals surface area contributed by atoms with Gasteiger partial charge in [-0.05, 0) is 67.9 Å². The van der Waals surface area contributed by atoms with Crippen molar-refractivity contribution in [1.82, 2.24) is 4.98 Å². The second kappa shape index (κ2) is 9.70. The van der Waals surface area contributed by atoms with Gasteiger partial charge in [-0.2, -0.15) is 0 Å². The number of aliphatic hydroxyl groups excluding tert-OH is 1. The predicted octanol–water partition coefficient (Wildman–Crippen LogP) is 4.75. The number of sulfone groups is 1. The fourth-order valence-electron chi connectivity index (χ4n) is 5.63. The summed E-state index contributed by atoms with van der Waals surface area (Å²) in [6, 6.07) is 6.68. The molecule has 196 valence electrons. The minimum absolute atomic E-state index is 0.00480. The highest BCUT2D eigenvalue weighted by molar-refractivity contribution is 7.92. The van der Waals surface area contributed by atoms with Gasteiger partial charge in [0.2, 0.25) is 0 Å². The van der Waals surface area contributed by atoms with Gasteiger partial charge in [0.1, 0.15) is 16.7 Å². The fraction of sp³-hybridized carbons (Fsp3) is 0.360. The first-order valence-corrected chi connectivity index (χ1v) is 14.4. The number of nitrogens with zero attached hydrogens (tertiary/aromatic N) is 1. The number of hydrogen-bond acceptors (Lipinski definition) is 7. The van der Waals surface area contributed by atoms with E-state index in [1.165, 1.54) is 35.6 Å². The Kier molecular flexibility index (Phi) is 6.86. The number of carbonyl (C=O) groups is 1. The molecule has 0 radical (unpaired) electrons. The van der Waals surface area contributed by atoms with Crippen LogP contribution >= 0.6 is 22.9 Å². The number of halogens is 3. The number of nitrogens with one attached hydrogen (secondary N) is 1. The van der Waals surface area contributed by atoms with E-state index in [9.17, 15) is 32.2 Å². The van der Waals surface area contributed by atoms with Crippen molar-refractivity contribution in [2.24, 2.45) is 11.8 Å². The standard InChI is InChI=1S/C25H23ClF2N2O5S2/c26-18-5-1-13(23(32)30-16-4-6-19(27)20(28)12-16)9-21(18)37(34,35)17-10-14-2-3-15(11-17)25(14,33)22(31)24-29-7-8-36-24/h1,4-9,12,14-15,17,22,31,33H,2-3,10-11H2,(H,30,32)/t14-,15?,17?,22?,25?/m0/s1. The summed E-state index contributed by atoms with van der Waals surface area (Å²) in [6.07, 6.45) is 1.72. The van der Waals surface area contributed by atoms with Crippen molar-refractivity contribution < 1.29 is 32.2 Å². The zero-order valence-corrected chi connectivity index (χ0v) is 21.7. The first-order valence-electron chi connectivity index (χ1n) is 11.6. The van der Waals surface area contributed by atoms with Gasteiger partial charge < -0.3 is 15.5 Å². The summed E-state index contributed by atoms with van der Waals surface area (Å²) in [7, 11) is -4.02. The molecule has 5 atom stereocenters. The van der Waals surface area contributed by atoms with Crippen LogP contribution in [0.25, 0.3) is 0 Å². The average Bonchev–Trinajstić information content (AvgIpc) is 3.43. The monoisotopic (exact) mass is 568 g/mol. The number of carbonyl (C=O) groups excluding carboxylic acids is 1. The van der Waals surface area contributed by atoms with Crippen LogP contribution in [0.3, 0.4) is 0 Å². The van der Waals surface area contributed by atoms with Crippen molar-refractivity contribution in [1.29, 1.82) is 0 Å². The molecule has 2 bridgehead atoms. The molecule has 12 heteroatoms. The van der Waals surface area contributed by atoms with Gasteiger partial charge in [0.15, 0.2) is 21.5 Å². The van der Waals surface area contributed by atoms with Crippen LogP contribution < -0.4 is 5.32 Å². The van der Waals surface area contributed by atoms with Gasteiger partial charge in [-0.25, -0.2) is 22.2 Å². The molecule has 37 heavy (non-hydrogen) atoms. The lowest BCUT2D eigenvalue weighted by Crippen LogP contribution is -2.52. The Morgan fingerprint density at radius 2 is 1.84 bits per heavy atom. The highest BCUT2D eigenvalue weighted by Crippen LogP contribution is 2.56. The van der Waals surface area contributed by atoms with Gasteiger partial charge in [-0.1, -0.05) is 11.6 Å². The Bertz CT molecular complexity index is 1440. The molecule has 2 aromatic carbocycles. The molecule has 2 aliphatic rings. The molecule has 2 aliphatic carbocycles. The Morgan fingerprint density at radius 1 is 1.14 bits per heavy atom. The molecule has 0 spiro atoms. The van der Waals surface area contributed by atoms with Crippen LogP contribution in [0.4, 0.5) is 14.5 Å². The lowest BCUT2D eigenvalue weighted by Gasteiger charge is -2.44. The topological polar surface area (TPSA) is 117 Å². The maximum absolute atomic E-state index is 13.7. The summed E-state index contributed by atoms with van der Waals surface area (Å²) in [5.41, 5.74) is -1.49. The number of thiazole rings is 1. The summed E-state index contributed by atoms with van der Waals surface area (Å²) in [4.78, 5) is 16.6. The smallest absolute Gasteiger partial charge is 0.255 e. The Morgan fingerprint density at radius 3 is 2.46 bits per heavy atom. The van der Waals surface area contributed by atoms with E-state index in [4.69, 9.17) is 11.6 Å². The lowest BCUT2D eigenvalue weighted by molar-refractivity contribution is -0.144. The van der Waals surface area contributed by atoms with Crippen molar-refractivity contribution in [3.63, 3.8) is 0 Å². The number of benzene rings is 2. The first kappa shape index (κ1) is 26.2. The van der Waals surface area contributed by atoms with Crippen molar-refractivity contribution in [2.45, 2.75) is 47.5 Å². The first-order chi connectivity index (χ1) is 17.5. The summed E-state index contributed by atoms with van der Waals surface area (Å²) in [6.45, 7) is 0. The van der Waals surface area contributed by atoms with Crippen LogP contribution in [0.1, 0.15) is 47.2 Å². The molecule has 1 heterocycles. The molecule has 0 aliphatic heterocycles. The van der Waals surface area contributed by atoms with Gasteiger partial charge in [0.25, 0.3) is 5.91 Å². The Balaban J connectivity index is 1.39. The van der Waals surface area contributed by atoms with E-state index >= 15 is 0 Å². The largest absolute Gasteiger partial charge is 0.386 e. The average molecular weight is 569 g/mol. The van der Waals surface area contributed by atoms with Crippen LogP contribution in [0, 0.1) is 23.5 Å². The van der Waals surface area contributed by atoms with E-state index < -0.39 is 56.2 Å². The summed E-state index contributed by atoms with van der Waals surface area (Å²) in [5, 5.41) is 26.0. The minimum Gasteiger partial charge on any atom is -0.386 e. The number of aliphatic hydroxyl groups is 2. The second-order valence-corrected chi connectivity index (χ2v) is 13.0. The number of fused-ring (bicyclic) bond motifs is 2. The van der Waals surface area contributed by atoms with Crippen molar-refractivity contribution in [3.8, 4) is 0 Å². The molecule has 3 aromatic rings. The van der Waals surface area contributed by atoms with Gasteiger partial charge in [-0.3, -0.25) is 4.79 Å². The van der Waals surface area contributed by atoms with E-state index in [-0.39, 0.29) is 34.0 Å². The van der Waals surface area contributed by atoms with Crippen molar-refractivity contribution in [2.75, 3.05) is 5.32 Å². The number of aromatic nitrogens is 1. The second-order valence-electron chi connectivity index (χ2n) is 9.50. The number of rotatable bonds is 6. The number of anilines is 1. The molecule has 1 aromatic heterocycles. The quantitative estimate of drug-likeness (QED) is 0.395. The number of amides is 1. The van der Waals surface area contributed by atoms with E-state index in [1.807, 2.05) is 0 Å². The molecular formula is C25H23ClF2N2O5S2. The predicted molar refractivity (Wildman–Crippen MR) is 134 cm³/mol. The normalized spacial score (nSPS) is 26.1. The number of hydrogen-bond donors (Lipinski definition) is 3. The zero-order valence-electron chi connectivity index (χ0n) is 19.3. The van der Waals surface area contributed by atoms with E-state index in [0.29, 0.717) is 17.8 Å². The Labute approximate surface area is 221 Å². The fourth-order valence-corrected chi connectivity index (χ4v) is 8.73. The maximum atomic E-state index is 13.7. The molecule has 1 amide bonds. The third-order valence-electron chi connectivity index (χ3n) is 7.51. The van der Waals surface area contributed by atoms with E-state index in [0.717, 1.165) is 12.1 Å². The van der Waals surface area contributed by atoms with Crippen molar-refractivity contribution >= 4 is 44.4 Å². The molecule has 7 nitrogen and oxygen atoms in total. The van der Waals surface area contributed by atoms with Crippen LogP contribution in [0.5, 0.6) is 0 Å². The Hall–Kier alpha value is -2.44. The third-order valence-corrected chi connectivity index (χ3v) is 11.0. The molecule has 0 saturated heterocycles. The molecule has 5 rings (SSSR count). The highest BCUT2D eigenvalue weighted by Gasteiger charge is 2.59. The summed E-state index contributed by atoms with van der Waals surface area (Å²) >= 11 is 7.50. The molecule has 2 saturated carbocycles. The summed E-state index contributed by atoms with van der Waals surface area (Å²) < 4.78 is 54.1. The zero-order chi connectivity index (χ0) is 26.5. The van der Waals surface area contributed by atoms with E-state index in [1.54, 1.807) is 11.6 Å². The molecule has 3 N–H and O–H groups in total. The van der Waals surface area contributed by atoms with Crippen LogP contribution in [0.2, 0.25) is 5.02 Å². The van der Waals surface area contributed by atoms with Gasteiger partial charge in [-0.15, -0.1) is 11.3 Å². The molecule has 2 fully saturated rings. The van der Waals surface area contributed by atoms with Crippen molar-refractivity contribution in [3.05, 3.63) is 75.2 Å². The van der Waals surface area contributed by atoms with Gasteiger partial charge in [0, 0.05) is 28.9 Å². The third kappa shape index (κ3) is 4.57. The SMILES string of the molecule is O=C(Nc1ccc(F)c(F)c1)c1ccc(Cl)c(S(=O)(=O)C2CC3CC[C@@H](C2)C3(O)C(O)c2nccs2)c1. The van der Waals surface area contributed by atoms with Crippen LogP contribution in [-0.2, 0) is 9.84 Å². The van der Waals surface area contributed by atoms with Crippen LogP contribution in [-0.4, -0.2) is 40.4 Å². The minimum atomic E-state index is -4.02. The highest BCUT2D eigenvalue weighted by atomic mass is 35.5.